The number of oxime groups is 1. The lowest BCUT2D eigenvalue weighted by atomic mass is 10.1. The second-order valence-electron chi connectivity index (χ2n) is 5.04. The summed E-state index contributed by atoms with van der Waals surface area (Å²) >= 11 is 0. The summed E-state index contributed by atoms with van der Waals surface area (Å²) in [6, 6.07) is -0.196. The lowest BCUT2D eigenvalue weighted by molar-refractivity contribution is 0.228. The molecule has 0 spiro atoms. The zero-order chi connectivity index (χ0) is 14.5. The van der Waals surface area contributed by atoms with Gasteiger partial charge in [0, 0.05) is 25.2 Å². The normalized spacial score (nSPS) is 20.1. The molecule has 8 nitrogen and oxygen atoms in total. The molecule has 0 unspecified atom stereocenters. The second kappa shape index (κ2) is 7.04. The van der Waals surface area contributed by atoms with E-state index in [0.29, 0.717) is 32.5 Å². The standard InChI is InChI=1S/C10H23N5O3S/c1-8(2)13-19(17,18)14-9-3-5-15(6-4-9)7-10(11)12-16/h8-9,13-14,16H,3-7H2,1-2H3,(H2,11,12). The van der Waals surface area contributed by atoms with E-state index < -0.39 is 10.2 Å². The highest BCUT2D eigenvalue weighted by Crippen LogP contribution is 2.10. The number of amidine groups is 1. The lowest BCUT2D eigenvalue weighted by Gasteiger charge is -2.31. The van der Waals surface area contributed by atoms with Crippen LogP contribution >= 0.6 is 0 Å². The van der Waals surface area contributed by atoms with Gasteiger partial charge < -0.3 is 10.9 Å². The number of nitrogens with two attached hydrogens (primary N) is 1. The van der Waals surface area contributed by atoms with Gasteiger partial charge in [0.2, 0.25) is 0 Å². The number of nitrogens with one attached hydrogen (secondary N) is 2. The van der Waals surface area contributed by atoms with Gasteiger partial charge in [0.1, 0.15) is 0 Å². The van der Waals surface area contributed by atoms with Crippen LogP contribution in [0.5, 0.6) is 0 Å². The highest BCUT2D eigenvalue weighted by Gasteiger charge is 2.24. The summed E-state index contributed by atoms with van der Waals surface area (Å²) in [6.07, 6.45) is 1.41. The monoisotopic (exact) mass is 293 g/mol. The second-order valence-corrected chi connectivity index (χ2v) is 6.51. The summed E-state index contributed by atoms with van der Waals surface area (Å²) in [5.41, 5.74) is 5.43. The number of hydrogen-bond donors (Lipinski definition) is 4. The van der Waals surface area contributed by atoms with Gasteiger partial charge in [0.25, 0.3) is 10.2 Å². The van der Waals surface area contributed by atoms with Crippen molar-refractivity contribution in [2.45, 2.75) is 38.8 Å². The van der Waals surface area contributed by atoms with Crippen LogP contribution in [0.3, 0.4) is 0 Å². The Labute approximate surface area is 114 Å². The summed E-state index contributed by atoms with van der Waals surface area (Å²) < 4.78 is 28.5. The highest BCUT2D eigenvalue weighted by atomic mass is 32.2. The highest BCUT2D eigenvalue weighted by molar-refractivity contribution is 7.87. The van der Waals surface area contributed by atoms with E-state index in [1.54, 1.807) is 13.8 Å². The van der Waals surface area contributed by atoms with Gasteiger partial charge in [-0.25, -0.2) is 0 Å². The molecule has 0 saturated carbocycles. The quantitative estimate of drug-likeness (QED) is 0.217. The first-order valence-electron chi connectivity index (χ1n) is 6.30. The third kappa shape index (κ3) is 6.19. The van der Waals surface area contributed by atoms with Gasteiger partial charge in [0.15, 0.2) is 5.84 Å². The molecule has 0 aromatic rings. The van der Waals surface area contributed by atoms with E-state index >= 15 is 0 Å². The molecule has 5 N–H and O–H groups in total. The Bertz CT molecular complexity index is 401. The summed E-state index contributed by atoms with van der Waals surface area (Å²) in [4.78, 5) is 2.02. The molecule has 19 heavy (non-hydrogen) atoms. The van der Waals surface area contributed by atoms with Crippen LogP contribution in [-0.4, -0.2) is 56.1 Å². The topological polar surface area (TPSA) is 120 Å². The van der Waals surface area contributed by atoms with Crippen LogP contribution in [0.1, 0.15) is 26.7 Å². The maximum absolute atomic E-state index is 11.7. The summed E-state index contributed by atoms with van der Waals surface area (Å²) in [6.45, 7) is 5.38. The Hall–Kier alpha value is -0.900. The molecule has 0 atom stereocenters. The van der Waals surface area contributed by atoms with Crippen LogP contribution in [0.2, 0.25) is 0 Å². The van der Waals surface area contributed by atoms with Crippen molar-refractivity contribution in [3.8, 4) is 0 Å². The molecule has 1 aliphatic rings. The SMILES string of the molecule is CC(C)NS(=O)(=O)NC1CCN(CC(N)=NO)CC1. The maximum atomic E-state index is 11.7. The molecular weight excluding hydrogens is 270 g/mol. The zero-order valence-electron chi connectivity index (χ0n) is 11.3. The van der Waals surface area contributed by atoms with Crippen molar-refractivity contribution in [3.63, 3.8) is 0 Å². The smallest absolute Gasteiger partial charge is 0.277 e. The van der Waals surface area contributed by atoms with Crippen molar-refractivity contribution >= 4 is 16.0 Å². The Morgan fingerprint density at radius 2 is 2.05 bits per heavy atom. The van der Waals surface area contributed by atoms with E-state index in [1.165, 1.54) is 0 Å². The van der Waals surface area contributed by atoms with Gasteiger partial charge in [-0.05, 0) is 26.7 Å². The van der Waals surface area contributed by atoms with Gasteiger partial charge in [-0.3, -0.25) is 4.90 Å². The van der Waals surface area contributed by atoms with Crippen molar-refractivity contribution in [2.24, 2.45) is 10.9 Å². The molecule has 1 saturated heterocycles. The Morgan fingerprint density at radius 3 is 2.53 bits per heavy atom. The zero-order valence-corrected chi connectivity index (χ0v) is 12.2. The van der Waals surface area contributed by atoms with E-state index in [0.717, 1.165) is 0 Å². The summed E-state index contributed by atoms with van der Waals surface area (Å²) in [5.74, 6) is 0.167. The number of piperidine rings is 1. The van der Waals surface area contributed by atoms with E-state index in [-0.39, 0.29) is 17.9 Å². The van der Waals surface area contributed by atoms with Crippen molar-refractivity contribution < 1.29 is 13.6 Å². The summed E-state index contributed by atoms with van der Waals surface area (Å²) in [5, 5.41) is 11.4. The maximum Gasteiger partial charge on any atom is 0.277 e. The molecule has 112 valence electrons. The van der Waals surface area contributed by atoms with Crippen molar-refractivity contribution in [3.05, 3.63) is 0 Å². The predicted molar refractivity (Wildman–Crippen MR) is 73.2 cm³/mol. The van der Waals surface area contributed by atoms with E-state index in [1.807, 2.05) is 4.90 Å². The van der Waals surface area contributed by atoms with E-state index in [4.69, 9.17) is 10.9 Å². The minimum absolute atomic E-state index is 0.0696. The third-order valence-electron chi connectivity index (χ3n) is 2.81. The largest absolute Gasteiger partial charge is 0.409 e. The van der Waals surface area contributed by atoms with Crippen LogP contribution in [0.15, 0.2) is 5.16 Å². The third-order valence-corrected chi connectivity index (χ3v) is 4.24. The molecule has 1 heterocycles. The average molecular weight is 293 g/mol. The van der Waals surface area contributed by atoms with Crippen LogP contribution in [0, 0.1) is 0 Å². The molecule has 1 fully saturated rings. The van der Waals surface area contributed by atoms with E-state index in [9.17, 15) is 8.42 Å². The van der Waals surface area contributed by atoms with Gasteiger partial charge in [-0.1, -0.05) is 5.16 Å². The number of hydrogen-bond acceptors (Lipinski definition) is 5. The molecule has 0 radical (unpaired) electrons. The predicted octanol–water partition coefficient (Wildman–Crippen LogP) is -0.970. The van der Waals surface area contributed by atoms with Crippen molar-refractivity contribution in [2.75, 3.05) is 19.6 Å². The lowest BCUT2D eigenvalue weighted by Crippen LogP contribution is -2.50. The average Bonchev–Trinajstić information content (AvgIpc) is 2.29. The van der Waals surface area contributed by atoms with Crippen LogP contribution in [-0.2, 0) is 10.2 Å². The van der Waals surface area contributed by atoms with Crippen molar-refractivity contribution in [1.82, 2.24) is 14.3 Å². The van der Waals surface area contributed by atoms with Gasteiger partial charge in [-0.2, -0.15) is 17.9 Å². The van der Waals surface area contributed by atoms with Crippen molar-refractivity contribution in [1.29, 1.82) is 0 Å². The van der Waals surface area contributed by atoms with E-state index in [2.05, 4.69) is 14.6 Å². The number of rotatable bonds is 6. The van der Waals surface area contributed by atoms with Crippen LogP contribution in [0.4, 0.5) is 0 Å². The molecular formula is C10H23N5O3S. The summed E-state index contributed by atoms with van der Waals surface area (Å²) in [7, 11) is -3.43. The minimum Gasteiger partial charge on any atom is -0.409 e. The fourth-order valence-electron chi connectivity index (χ4n) is 2.03. The molecule has 1 aliphatic heterocycles. The fraction of sp³-hybridized carbons (Fsp3) is 0.900. The first-order chi connectivity index (χ1) is 8.82. The molecule has 1 rings (SSSR count). The Morgan fingerprint density at radius 1 is 1.47 bits per heavy atom. The van der Waals surface area contributed by atoms with Gasteiger partial charge in [0.05, 0.1) is 6.54 Å². The Kier molecular flexibility index (Phi) is 5.98. The fourth-order valence-corrected chi connectivity index (χ4v) is 3.40. The minimum atomic E-state index is -3.43. The first-order valence-corrected chi connectivity index (χ1v) is 7.79. The molecule has 0 amide bonds. The number of likely N-dealkylation sites (tertiary alicyclic amines) is 1. The number of nitrogens with zero attached hydrogens (tertiary/aromatic N) is 2. The van der Waals surface area contributed by atoms with Crippen LogP contribution in [0.25, 0.3) is 0 Å². The molecule has 0 aromatic heterocycles. The molecule has 0 aliphatic carbocycles. The van der Waals surface area contributed by atoms with Gasteiger partial charge >= 0.3 is 0 Å². The molecule has 0 aromatic carbocycles. The molecule has 9 heteroatoms. The van der Waals surface area contributed by atoms with Gasteiger partial charge in [-0.15, -0.1) is 0 Å². The molecule has 0 bridgehead atoms. The Balaban J connectivity index is 2.38. The first kappa shape index (κ1) is 16.2. The van der Waals surface area contributed by atoms with Crippen LogP contribution < -0.4 is 15.2 Å².